The van der Waals surface area contributed by atoms with E-state index in [-0.39, 0.29) is 48.8 Å². The highest BCUT2D eigenvalue weighted by atomic mass is 35.5. The fourth-order valence-electron chi connectivity index (χ4n) is 5.31. The second-order valence-electron chi connectivity index (χ2n) is 14.0. The molecule has 0 radical (unpaired) electrons. The fourth-order valence-corrected chi connectivity index (χ4v) is 5.50. The molecule has 4 aromatic rings. The number of carbonyl (C=O) groups excluding carboxylic acids is 1. The van der Waals surface area contributed by atoms with Crippen molar-refractivity contribution >= 4 is 39.4 Å². The van der Waals surface area contributed by atoms with E-state index in [4.69, 9.17) is 27.2 Å². The van der Waals surface area contributed by atoms with Gasteiger partial charge in [0.25, 0.3) is 0 Å². The molecule has 4 heterocycles. The number of alkyl halides is 3. The topological polar surface area (TPSA) is 136 Å². The molecule has 0 saturated carbocycles. The van der Waals surface area contributed by atoms with Gasteiger partial charge in [0.05, 0.1) is 17.5 Å². The molecule has 5 rings (SSSR count). The Labute approximate surface area is 293 Å². The summed E-state index contributed by atoms with van der Waals surface area (Å²) in [5, 5.41) is 16.8. The first kappa shape index (κ1) is 38.9. The van der Waals surface area contributed by atoms with Crippen molar-refractivity contribution in [3.8, 4) is 17.3 Å². The molecule has 0 spiro atoms. The summed E-state index contributed by atoms with van der Waals surface area (Å²) in [5.74, 6) is -1.18. The van der Waals surface area contributed by atoms with Crippen molar-refractivity contribution in [1.82, 2.24) is 24.5 Å². The van der Waals surface area contributed by atoms with Crippen LogP contribution in [0.15, 0.2) is 42.6 Å². The van der Waals surface area contributed by atoms with Gasteiger partial charge in [0, 0.05) is 42.2 Å². The predicted molar refractivity (Wildman–Crippen MR) is 182 cm³/mol. The number of carboxylic acids is 1. The van der Waals surface area contributed by atoms with Gasteiger partial charge in [-0.3, -0.25) is 18.9 Å². The number of likely N-dealkylation sites (tertiary alicyclic amines) is 1. The van der Waals surface area contributed by atoms with Gasteiger partial charge in [-0.15, -0.1) is 10.2 Å². The molecule has 10 nitrogen and oxygen atoms in total. The molecule has 1 unspecified atom stereocenters. The van der Waals surface area contributed by atoms with E-state index in [1.165, 1.54) is 39.8 Å². The number of aliphatic carboxylic acids is 1. The van der Waals surface area contributed by atoms with Crippen LogP contribution in [0.4, 0.5) is 17.6 Å². The van der Waals surface area contributed by atoms with Gasteiger partial charge in [-0.25, -0.2) is 9.37 Å². The summed E-state index contributed by atoms with van der Waals surface area (Å²) in [5.41, 5.74) is 5.73. The van der Waals surface area contributed by atoms with Crippen LogP contribution in [0.2, 0.25) is 0 Å². The summed E-state index contributed by atoms with van der Waals surface area (Å²) >= 11 is 5.71. The van der Waals surface area contributed by atoms with Gasteiger partial charge in [-0.05, 0) is 74.4 Å². The minimum absolute atomic E-state index is 0.0143. The van der Waals surface area contributed by atoms with E-state index in [1.54, 1.807) is 39.8 Å². The van der Waals surface area contributed by atoms with Crippen LogP contribution < -0.4 is 10.5 Å². The highest BCUT2D eigenvalue weighted by molar-refractivity contribution is 6.64. The monoisotopic (exact) mass is 722 g/mol. The van der Waals surface area contributed by atoms with E-state index in [2.05, 4.69) is 15.2 Å². The van der Waals surface area contributed by atoms with Crippen LogP contribution in [0.3, 0.4) is 0 Å². The molecule has 0 bridgehead atoms. The molecule has 3 N–H and O–H groups in total. The maximum absolute atomic E-state index is 14.8. The Bertz CT molecular complexity index is 1850. The van der Waals surface area contributed by atoms with Gasteiger partial charge in [0.1, 0.15) is 11.7 Å². The number of fused-ring (bicyclic) bond motifs is 2. The quantitative estimate of drug-likeness (QED) is 0.120. The van der Waals surface area contributed by atoms with Gasteiger partial charge in [-0.2, -0.15) is 13.2 Å². The lowest BCUT2D eigenvalue weighted by Gasteiger charge is -2.30. The molecule has 50 heavy (non-hydrogen) atoms. The Morgan fingerprint density at radius 3 is 2.38 bits per heavy atom. The molecule has 272 valence electrons. The van der Waals surface area contributed by atoms with Crippen molar-refractivity contribution in [2.45, 2.75) is 79.1 Å². The zero-order chi connectivity index (χ0) is 37.2. The molecule has 1 fully saturated rings. The Kier molecular flexibility index (Phi) is 11.8. The molecule has 3 atom stereocenters. The molecule has 3 aromatic heterocycles. The van der Waals surface area contributed by atoms with E-state index in [0.29, 0.717) is 41.5 Å². The molecule has 1 aliphatic rings. The van der Waals surface area contributed by atoms with Crippen LogP contribution in [0.25, 0.3) is 28.1 Å². The third-order valence-corrected chi connectivity index (χ3v) is 10.1. The zero-order valence-corrected chi connectivity index (χ0v) is 29.6. The number of benzene rings is 1. The number of nitrogens with zero attached hydrogens (tertiary/aromatic N) is 5. The Hall–Kier alpha value is -3.88. The summed E-state index contributed by atoms with van der Waals surface area (Å²) in [6.45, 7) is 11.2. The summed E-state index contributed by atoms with van der Waals surface area (Å²) < 4.78 is 64.6. The van der Waals surface area contributed by atoms with Gasteiger partial charge in [0.15, 0.2) is 23.0 Å². The molecule has 1 aliphatic heterocycles. The minimum Gasteiger partial charge on any atom is -0.490 e. The maximum Gasteiger partial charge on any atom is 0.408 e. The first-order valence-electron chi connectivity index (χ1n) is 16.3. The average molecular weight is 723 g/mol. The Morgan fingerprint density at radius 1 is 1.12 bits per heavy atom. The standard InChI is InChI=1S/C29H31ClF4N6O2.C6H12O2/c1-16(28(2,3)27(30)41)9-11-42-23-13-22-17(12-20(23)31)4-6-21(36-22)26-38-37-24-7-5-18(14-40(24)26)25(29(32,33)34)39-10-8-19(35)15-39;1-4-6(2,3)5(7)8/h4-7,12-14,16,19,25H,8-11,15,35H2,1-3H3;4H2,1-3H3,(H,7,8)/t16?,19-,25+;/m0./s1. The fraction of sp³-hybridized carbons (Fsp3) is 0.514. The number of hydrogen-bond acceptors (Lipinski definition) is 8. The summed E-state index contributed by atoms with van der Waals surface area (Å²) in [6, 6.07) is 6.77. The van der Waals surface area contributed by atoms with Crippen LogP contribution >= 0.6 is 11.6 Å². The van der Waals surface area contributed by atoms with Gasteiger partial charge < -0.3 is 15.6 Å². The smallest absolute Gasteiger partial charge is 0.408 e. The minimum atomic E-state index is -4.51. The predicted octanol–water partition coefficient (Wildman–Crippen LogP) is 7.42. The lowest BCUT2D eigenvalue weighted by Crippen LogP contribution is -2.38. The van der Waals surface area contributed by atoms with E-state index < -0.39 is 40.1 Å². The largest absolute Gasteiger partial charge is 0.490 e. The second kappa shape index (κ2) is 15.2. The van der Waals surface area contributed by atoms with Gasteiger partial charge in [0.2, 0.25) is 5.24 Å². The van der Waals surface area contributed by atoms with Crippen molar-refractivity contribution in [2.75, 3.05) is 19.7 Å². The molecule has 0 aliphatic carbocycles. The molecular formula is C35H43ClF4N6O4. The number of carboxylic acid groups (broad SMARTS) is 1. The number of hydrogen-bond donors (Lipinski definition) is 2. The number of nitrogens with two attached hydrogens (primary N) is 1. The molecular weight excluding hydrogens is 680 g/mol. The van der Waals surface area contributed by atoms with Crippen LogP contribution in [0.1, 0.15) is 72.4 Å². The summed E-state index contributed by atoms with van der Waals surface area (Å²) in [4.78, 5) is 27.9. The van der Waals surface area contributed by atoms with Crippen LogP contribution in [-0.4, -0.2) is 72.7 Å². The SMILES string of the molecule is CC(CCOc1cc2nc(-c3nnc4ccc([C@@H](N5CC[C@H](N)C5)C(F)(F)F)cn34)ccc2cc1F)C(C)(C)C(=O)Cl.CCC(C)(C)C(=O)O. The van der Waals surface area contributed by atoms with Crippen molar-refractivity contribution in [2.24, 2.45) is 22.5 Å². The number of aromatic nitrogens is 4. The van der Waals surface area contributed by atoms with E-state index in [0.717, 1.165) is 0 Å². The van der Waals surface area contributed by atoms with E-state index >= 15 is 0 Å². The lowest BCUT2D eigenvalue weighted by molar-refractivity contribution is -0.183. The molecule has 1 aromatic carbocycles. The first-order valence-corrected chi connectivity index (χ1v) is 16.7. The maximum atomic E-state index is 14.8. The van der Waals surface area contributed by atoms with Crippen molar-refractivity contribution in [3.05, 3.63) is 54.0 Å². The number of pyridine rings is 2. The van der Waals surface area contributed by atoms with Crippen LogP contribution in [0, 0.1) is 22.6 Å². The summed E-state index contributed by atoms with van der Waals surface area (Å²) in [6.07, 6.45) is -1.49. The van der Waals surface area contributed by atoms with Crippen molar-refractivity contribution in [1.29, 1.82) is 0 Å². The van der Waals surface area contributed by atoms with E-state index in [9.17, 15) is 27.2 Å². The first-order chi connectivity index (χ1) is 23.3. The average Bonchev–Trinajstić information content (AvgIpc) is 3.66. The second-order valence-corrected chi connectivity index (χ2v) is 14.3. The molecule has 15 heteroatoms. The van der Waals surface area contributed by atoms with Crippen molar-refractivity contribution < 1.29 is 37.0 Å². The number of rotatable bonds is 11. The number of carbonyl (C=O) groups is 2. The van der Waals surface area contributed by atoms with Crippen LogP contribution in [-0.2, 0) is 9.59 Å². The zero-order valence-electron chi connectivity index (χ0n) is 28.9. The third-order valence-electron chi connectivity index (χ3n) is 9.65. The van der Waals surface area contributed by atoms with E-state index in [1.807, 2.05) is 13.8 Å². The third kappa shape index (κ3) is 8.70. The Balaban J connectivity index is 0.000000627. The van der Waals surface area contributed by atoms with Gasteiger partial charge >= 0.3 is 12.1 Å². The van der Waals surface area contributed by atoms with Crippen molar-refractivity contribution in [3.63, 3.8) is 0 Å². The molecule has 1 saturated heterocycles. The molecule has 0 amide bonds. The highest BCUT2D eigenvalue weighted by Crippen LogP contribution is 2.40. The number of ether oxygens (including phenoxy) is 1. The lowest BCUT2D eigenvalue weighted by atomic mass is 9.79. The summed E-state index contributed by atoms with van der Waals surface area (Å²) in [7, 11) is 0. The normalized spacial score (nSPS) is 17.0. The van der Waals surface area contributed by atoms with Crippen LogP contribution in [0.5, 0.6) is 5.75 Å². The van der Waals surface area contributed by atoms with Gasteiger partial charge in [-0.1, -0.05) is 39.8 Å². The number of halogens is 5. The Morgan fingerprint density at radius 2 is 1.82 bits per heavy atom. The highest BCUT2D eigenvalue weighted by Gasteiger charge is 2.46.